The van der Waals surface area contributed by atoms with Crippen molar-refractivity contribution in [2.45, 2.75) is 50.7 Å². The monoisotopic (exact) mass is 288 g/mol. The van der Waals surface area contributed by atoms with Gasteiger partial charge >= 0.3 is 0 Å². The van der Waals surface area contributed by atoms with Gasteiger partial charge in [-0.15, -0.1) is 0 Å². The molecular formula is C18H28N2O. The van der Waals surface area contributed by atoms with Crippen LogP contribution in [0.5, 0.6) is 0 Å². The van der Waals surface area contributed by atoms with Crippen LogP contribution in [-0.2, 0) is 4.74 Å². The maximum atomic E-state index is 5.91. The third-order valence-corrected chi connectivity index (χ3v) is 4.72. The molecule has 0 aromatic heterocycles. The van der Waals surface area contributed by atoms with E-state index in [1.54, 1.807) is 0 Å². The fraction of sp³-hybridized carbons (Fsp3) is 0.667. The zero-order valence-electron chi connectivity index (χ0n) is 13.0. The number of rotatable bonds is 7. The summed E-state index contributed by atoms with van der Waals surface area (Å²) in [7, 11) is 0. The number of hydrogen-bond donors (Lipinski definition) is 1. The minimum absolute atomic E-state index is 0.560. The second-order valence-corrected chi connectivity index (χ2v) is 6.35. The molecule has 1 aromatic rings. The smallest absolute Gasteiger partial charge is 0.0575 e. The van der Waals surface area contributed by atoms with Crippen LogP contribution in [0.3, 0.4) is 0 Å². The molecule has 1 saturated heterocycles. The molecule has 3 rings (SSSR count). The third-order valence-electron chi connectivity index (χ3n) is 4.72. The van der Waals surface area contributed by atoms with Gasteiger partial charge in [0.25, 0.3) is 0 Å². The van der Waals surface area contributed by atoms with Crippen LogP contribution in [0.1, 0.15) is 38.5 Å². The molecule has 0 radical (unpaired) electrons. The highest BCUT2D eigenvalue weighted by atomic mass is 16.5. The fourth-order valence-corrected chi connectivity index (χ4v) is 3.48. The first kappa shape index (κ1) is 14.9. The fourth-order valence-electron chi connectivity index (χ4n) is 3.48. The van der Waals surface area contributed by atoms with Gasteiger partial charge in [0.1, 0.15) is 0 Å². The lowest BCUT2D eigenvalue weighted by Crippen LogP contribution is -2.33. The number of benzene rings is 1. The lowest BCUT2D eigenvalue weighted by atomic mass is 10.2. The highest BCUT2D eigenvalue weighted by molar-refractivity contribution is 5.47. The largest absolute Gasteiger partial charge is 0.378 e. The molecular weight excluding hydrogens is 260 g/mol. The van der Waals surface area contributed by atoms with Gasteiger partial charge in [-0.1, -0.05) is 31.0 Å². The van der Waals surface area contributed by atoms with Crippen molar-refractivity contribution in [1.82, 2.24) is 5.32 Å². The summed E-state index contributed by atoms with van der Waals surface area (Å²) in [6.07, 6.45) is 8.23. The van der Waals surface area contributed by atoms with Crippen molar-refractivity contribution < 1.29 is 4.74 Å². The molecule has 1 aliphatic heterocycles. The second-order valence-electron chi connectivity index (χ2n) is 6.35. The Hall–Kier alpha value is -1.06. The Bertz CT molecular complexity index is 403. The van der Waals surface area contributed by atoms with Crippen LogP contribution in [0.2, 0.25) is 0 Å². The van der Waals surface area contributed by atoms with Gasteiger partial charge in [-0.25, -0.2) is 0 Å². The average Bonchev–Trinajstić information content (AvgIpc) is 3.19. The number of nitrogens with one attached hydrogen (secondary N) is 1. The van der Waals surface area contributed by atoms with Gasteiger partial charge in [0.2, 0.25) is 0 Å². The standard InChI is InChI=1S/C18H28N2O/c1-2-7-17(8-3-1)20-13-11-16(15-20)19-12-6-14-21-18-9-4-5-10-18/h1-3,7-8,16,18-19H,4-6,9-15H2/t16-/m1/s1. The van der Waals surface area contributed by atoms with Gasteiger partial charge in [-0.3, -0.25) is 0 Å². The number of anilines is 1. The average molecular weight is 288 g/mol. The number of nitrogens with zero attached hydrogens (tertiary/aromatic N) is 1. The quantitative estimate of drug-likeness (QED) is 0.780. The van der Waals surface area contributed by atoms with E-state index in [1.165, 1.54) is 44.3 Å². The number of para-hydroxylation sites is 1. The van der Waals surface area contributed by atoms with Gasteiger partial charge in [0.15, 0.2) is 0 Å². The lowest BCUT2D eigenvalue weighted by molar-refractivity contribution is 0.0566. The highest BCUT2D eigenvalue weighted by Gasteiger charge is 2.21. The molecule has 3 heteroatoms. The summed E-state index contributed by atoms with van der Waals surface area (Å²) < 4.78 is 5.91. The summed E-state index contributed by atoms with van der Waals surface area (Å²) in [5.74, 6) is 0. The Kier molecular flexibility index (Phi) is 5.53. The number of ether oxygens (including phenoxy) is 1. The van der Waals surface area contributed by atoms with E-state index in [-0.39, 0.29) is 0 Å². The van der Waals surface area contributed by atoms with Crippen LogP contribution in [-0.4, -0.2) is 38.4 Å². The molecule has 1 heterocycles. The third kappa shape index (κ3) is 4.45. The van der Waals surface area contributed by atoms with E-state index >= 15 is 0 Å². The van der Waals surface area contributed by atoms with Crippen LogP contribution >= 0.6 is 0 Å². The van der Waals surface area contributed by atoms with Crippen LogP contribution in [0.15, 0.2) is 30.3 Å². The van der Waals surface area contributed by atoms with E-state index in [0.717, 1.165) is 26.1 Å². The Morgan fingerprint density at radius 2 is 1.90 bits per heavy atom. The zero-order valence-corrected chi connectivity index (χ0v) is 13.0. The van der Waals surface area contributed by atoms with Crippen molar-refractivity contribution in [3.8, 4) is 0 Å². The Morgan fingerprint density at radius 3 is 2.71 bits per heavy atom. The van der Waals surface area contributed by atoms with E-state index in [0.29, 0.717) is 12.1 Å². The molecule has 1 N–H and O–H groups in total. The summed E-state index contributed by atoms with van der Waals surface area (Å²) in [5.41, 5.74) is 1.35. The second kappa shape index (κ2) is 7.81. The zero-order chi connectivity index (χ0) is 14.3. The van der Waals surface area contributed by atoms with Crippen molar-refractivity contribution >= 4 is 5.69 Å². The molecule has 2 aliphatic rings. The van der Waals surface area contributed by atoms with Gasteiger partial charge < -0.3 is 15.0 Å². The summed E-state index contributed by atoms with van der Waals surface area (Å²) in [6.45, 7) is 4.31. The molecule has 1 atom stereocenters. The number of hydrogen-bond acceptors (Lipinski definition) is 3. The lowest BCUT2D eigenvalue weighted by Gasteiger charge is -2.19. The summed E-state index contributed by atoms with van der Waals surface area (Å²) in [6, 6.07) is 11.4. The van der Waals surface area contributed by atoms with E-state index in [1.807, 2.05) is 0 Å². The predicted octanol–water partition coefficient (Wildman–Crippen LogP) is 3.20. The first-order valence-corrected chi connectivity index (χ1v) is 8.57. The molecule has 0 bridgehead atoms. The maximum Gasteiger partial charge on any atom is 0.0575 e. The van der Waals surface area contributed by atoms with Crippen LogP contribution in [0.25, 0.3) is 0 Å². The summed E-state index contributed by atoms with van der Waals surface area (Å²) in [4.78, 5) is 2.48. The van der Waals surface area contributed by atoms with Crippen molar-refractivity contribution in [2.24, 2.45) is 0 Å². The highest BCUT2D eigenvalue weighted by Crippen LogP contribution is 2.21. The summed E-state index contributed by atoms with van der Waals surface area (Å²) >= 11 is 0. The first-order valence-electron chi connectivity index (χ1n) is 8.57. The first-order chi connectivity index (χ1) is 10.4. The van der Waals surface area contributed by atoms with Crippen molar-refractivity contribution in [2.75, 3.05) is 31.1 Å². The van der Waals surface area contributed by atoms with Gasteiger partial charge in [0, 0.05) is 31.4 Å². The molecule has 0 amide bonds. The van der Waals surface area contributed by atoms with E-state index in [9.17, 15) is 0 Å². The molecule has 0 spiro atoms. The summed E-state index contributed by atoms with van der Waals surface area (Å²) in [5, 5.41) is 3.69. The normalized spacial score (nSPS) is 23.0. The molecule has 3 nitrogen and oxygen atoms in total. The minimum Gasteiger partial charge on any atom is -0.378 e. The van der Waals surface area contributed by atoms with Crippen molar-refractivity contribution in [3.63, 3.8) is 0 Å². The molecule has 1 saturated carbocycles. The molecule has 0 unspecified atom stereocenters. The Labute approximate surface area is 128 Å². The van der Waals surface area contributed by atoms with E-state index in [4.69, 9.17) is 4.74 Å². The molecule has 1 aliphatic carbocycles. The SMILES string of the molecule is c1ccc(N2CC[C@@H](NCCCOC3CCCC3)C2)cc1. The Morgan fingerprint density at radius 1 is 1.10 bits per heavy atom. The van der Waals surface area contributed by atoms with Gasteiger partial charge in [-0.05, 0) is 44.4 Å². The van der Waals surface area contributed by atoms with Crippen molar-refractivity contribution in [1.29, 1.82) is 0 Å². The van der Waals surface area contributed by atoms with Crippen LogP contribution < -0.4 is 10.2 Å². The minimum atomic E-state index is 0.560. The molecule has 21 heavy (non-hydrogen) atoms. The van der Waals surface area contributed by atoms with E-state index in [2.05, 4.69) is 40.5 Å². The van der Waals surface area contributed by atoms with E-state index < -0.39 is 0 Å². The van der Waals surface area contributed by atoms with Gasteiger partial charge in [0.05, 0.1) is 6.10 Å². The Balaban J connectivity index is 1.28. The van der Waals surface area contributed by atoms with Gasteiger partial charge in [-0.2, -0.15) is 0 Å². The van der Waals surface area contributed by atoms with Crippen LogP contribution in [0.4, 0.5) is 5.69 Å². The molecule has 1 aromatic carbocycles. The molecule has 2 fully saturated rings. The van der Waals surface area contributed by atoms with Crippen LogP contribution in [0, 0.1) is 0 Å². The predicted molar refractivity (Wildman–Crippen MR) is 87.9 cm³/mol. The van der Waals surface area contributed by atoms with Crippen molar-refractivity contribution in [3.05, 3.63) is 30.3 Å². The maximum absolute atomic E-state index is 5.91. The molecule has 116 valence electrons. The topological polar surface area (TPSA) is 24.5 Å².